The molecule has 0 radical (unpaired) electrons. The summed E-state index contributed by atoms with van der Waals surface area (Å²) in [5.74, 6) is -0.405. The standard InChI is InChI=1S/C17H17Cl2N5O2/c1-4-17(3)15(25)24(16(26)21-17)20-9-13-10(2)22-23(14(13)19)12-7-5-6-11(18)8-12/h5-9H,4H2,1-3H3,(H,21,26)/t17-/m0/s1. The lowest BCUT2D eigenvalue weighted by Gasteiger charge is -2.17. The molecular weight excluding hydrogens is 377 g/mol. The van der Waals surface area contributed by atoms with Crippen LogP contribution in [0.3, 0.4) is 0 Å². The summed E-state index contributed by atoms with van der Waals surface area (Å²) in [5.41, 5.74) is 0.860. The minimum absolute atomic E-state index is 0.304. The van der Waals surface area contributed by atoms with E-state index in [-0.39, 0.29) is 0 Å². The zero-order valence-electron chi connectivity index (χ0n) is 14.5. The summed E-state index contributed by atoms with van der Waals surface area (Å²) in [6, 6.07) is 6.52. The average Bonchev–Trinajstić information content (AvgIpc) is 3.00. The first kappa shape index (κ1) is 18.4. The van der Waals surface area contributed by atoms with Gasteiger partial charge in [-0.15, -0.1) is 5.01 Å². The second-order valence-electron chi connectivity index (χ2n) is 6.16. The predicted octanol–water partition coefficient (Wildman–Crippen LogP) is 3.54. The molecule has 0 aliphatic carbocycles. The van der Waals surface area contributed by atoms with E-state index >= 15 is 0 Å². The van der Waals surface area contributed by atoms with Gasteiger partial charge in [-0.1, -0.05) is 36.2 Å². The van der Waals surface area contributed by atoms with Crippen molar-refractivity contribution in [2.24, 2.45) is 5.10 Å². The average molecular weight is 394 g/mol. The Balaban J connectivity index is 1.93. The Morgan fingerprint density at radius 3 is 2.69 bits per heavy atom. The van der Waals surface area contributed by atoms with Gasteiger partial charge in [-0.25, -0.2) is 9.48 Å². The maximum atomic E-state index is 12.4. The van der Waals surface area contributed by atoms with E-state index < -0.39 is 17.5 Å². The van der Waals surface area contributed by atoms with Crippen molar-refractivity contribution in [3.05, 3.63) is 45.7 Å². The van der Waals surface area contributed by atoms with E-state index in [9.17, 15) is 9.59 Å². The number of aromatic nitrogens is 2. The van der Waals surface area contributed by atoms with Crippen molar-refractivity contribution in [1.82, 2.24) is 20.1 Å². The summed E-state index contributed by atoms with van der Waals surface area (Å²) in [5, 5.41) is 12.7. The molecule has 1 aromatic carbocycles. The van der Waals surface area contributed by atoms with E-state index in [1.807, 2.05) is 13.0 Å². The zero-order valence-corrected chi connectivity index (χ0v) is 16.0. The number of hydrazone groups is 1. The summed E-state index contributed by atoms with van der Waals surface area (Å²) in [7, 11) is 0. The molecule has 9 heteroatoms. The first-order valence-corrected chi connectivity index (χ1v) is 8.74. The predicted molar refractivity (Wildman–Crippen MR) is 100.0 cm³/mol. The molecule has 1 aliphatic rings. The third kappa shape index (κ3) is 3.08. The van der Waals surface area contributed by atoms with Gasteiger partial charge in [-0.3, -0.25) is 4.79 Å². The normalized spacial score (nSPS) is 20.3. The minimum Gasteiger partial charge on any atom is -0.322 e. The van der Waals surface area contributed by atoms with Crippen molar-refractivity contribution >= 4 is 41.4 Å². The lowest BCUT2D eigenvalue weighted by Crippen LogP contribution is -2.42. The molecule has 0 spiro atoms. The first-order chi connectivity index (χ1) is 12.3. The van der Waals surface area contributed by atoms with Crippen molar-refractivity contribution in [2.45, 2.75) is 32.7 Å². The molecule has 136 valence electrons. The van der Waals surface area contributed by atoms with Crippen molar-refractivity contribution in [2.75, 3.05) is 0 Å². The Hall–Kier alpha value is -2.38. The maximum absolute atomic E-state index is 12.4. The number of nitrogens with zero attached hydrogens (tertiary/aromatic N) is 4. The quantitative estimate of drug-likeness (QED) is 0.636. The van der Waals surface area contributed by atoms with E-state index in [0.717, 1.165) is 5.01 Å². The Morgan fingerprint density at radius 2 is 2.08 bits per heavy atom. The first-order valence-electron chi connectivity index (χ1n) is 7.98. The Bertz CT molecular complexity index is 924. The van der Waals surface area contributed by atoms with Gasteiger partial charge < -0.3 is 5.32 Å². The van der Waals surface area contributed by atoms with Crippen molar-refractivity contribution in [3.63, 3.8) is 0 Å². The lowest BCUT2D eigenvalue weighted by atomic mass is 10.00. The second-order valence-corrected chi connectivity index (χ2v) is 6.95. The van der Waals surface area contributed by atoms with E-state index in [1.54, 1.807) is 32.0 Å². The number of carbonyl (C=O) groups is 2. The molecule has 1 atom stereocenters. The molecular formula is C17H17Cl2N5O2. The van der Waals surface area contributed by atoms with E-state index in [2.05, 4.69) is 15.5 Å². The van der Waals surface area contributed by atoms with Gasteiger partial charge >= 0.3 is 6.03 Å². The van der Waals surface area contributed by atoms with Crippen molar-refractivity contribution in [1.29, 1.82) is 0 Å². The summed E-state index contributed by atoms with van der Waals surface area (Å²) in [4.78, 5) is 24.4. The number of rotatable bonds is 4. The summed E-state index contributed by atoms with van der Waals surface area (Å²) < 4.78 is 1.52. The monoisotopic (exact) mass is 393 g/mol. The Labute approximate surface area is 160 Å². The van der Waals surface area contributed by atoms with Crippen LogP contribution in [-0.2, 0) is 4.79 Å². The van der Waals surface area contributed by atoms with Crippen molar-refractivity contribution in [3.8, 4) is 5.69 Å². The molecule has 1 saturated heterocycles. The van der Waals surface area contributed by atoms with Crippen LogP contribution >= 0.6 is 23.2 Å². The molecule has 2 heterocycles. The molecule has 0 unspecified atom stereocenters. The molecule has 1 aliphatic heterocycles. The van der Waals surface area contributed by atoms with Gasteiger partial charge in [0.05, 0.1) is 23.2 Å². The number of urea groups is 1. The molecule has 1 aromatic heterocycles. The van der Waals surface area contributed by atoms with Crippen molar-refractivity contribution < 1.29 is 9.59 Å². The van der Waals surface area contributed by atoms with Gasteiger partial charge in [-0.2, -0.15) is 10.2 Å². The lowest BCUT2D eigenvalue weighted by molar-refractivity contribution is -0.130. The van der Waals surface area contributed by atoms with Gasteiger partial charge in [0.2, 0.25) is 0 Å². The fraction of sp³-hybridized carbons (Fsp3) is 0.294. The van der Waals surface area contributed by atoms with E-state index in [4.69, 9.17) is 23.2 Å². The number of halogens is 2. The number of imide groups is 1. The Morgan fingerprint density at radius 1 is 1.35 bits per heavy atom. The molecule has 3 amide bonds. The van der Waals surface area contributed by atoms with Crippen LogP contribution in [0.1, 0.15) is 31.5 Å². The fourth-order valence-corrected chi connectivity index (χ4v) is 3.07. The zero-order chi connectivity index (χ0) is 19.1. The van der Waals surface area contributed by atoms with Crippen LogP contribution in [0.4, 0.5) is 4.79 Å². The van der Waals surface area contributed by atoms with Crippen LogP contribution in [0.15, 0.2) is 29.4 Å². The smallest absolute Gasteiger partial charge is 0.322 e. The number of nitrogens with one attached hydrogen (secondary N) is 1. The fourth-order valence-electron chi connectivity index (χ4n) is 2.57. The molecule has 0 saturated carbocycles. The molecule has 1 N–H and O–H groups in total. The van der Waals surface area contributed by atoms with Crippen LogP contribution in [0.2, 0.25) is 10.2 Å². The van der Waals surface area contributed by atoms with E-state index in [1.165, 1.54) is 10.9 Å². The Kier molecular flexibility index (Phi) is 4.77. The molecule has 3 rings (SSSR count). The third-order valence-corrected chi connectivity index (χ3v) is 4.95. The van der Waals surface area contributed by atoms with Crippen LogP contribution in [0.5, 0.6) is 0 Å². The van der Waals surface area contributed by atoms with Crippen LogP contribution in [0.25, 0.3) is 5.69 Å². The number of benzene rings is 1. The van der Waals surface area contributed by atoms with E-state index in [0.29, 0.717) is 33.5 Å². The van der Waals surface area contributed by atoms with Gasteiger partial charge in [0.25, 0.3) is 5.91 Å². The highest BCUT2D eigenvalue weighted by atomic mass is 35.5. The van der Waals surface area contributed by atoms with Gasteiger partial charge in [0, 0.05) is 5.02 Å². The SMILES string of the molecule is CC[C@]1(C)NC(=O)N(N=Cc2c(C)nn(-c3cccc(Cl)c3)c2Cl)C1=O. The molecule has 7 nitrogen and oxygen atoms in total. The largest absolute Gasteiger partial charge is 0.346 e. The third-order valence-electron chi connectivity index (χ3n) is 4.35. The second kappa shape index (κ2) is 6.74. The molecule has 26 heavy (non-hydrogen) atoms. The minimum atomic E-state index is -0.946. The highest BCUT2D eigenvalue weighted by Crippen LogP contribution is 2.25. The number of aryl methyl sites for hydroxylation is 1. The molecule has 1 fully saturated rings. The summed E-state index contributed by atoms with van der Waals surface area (Å²) in [6.45, 7) is 5.25. The molecule has 2 aromatic rings. The highest BCUT2D eigenvalue weighted by molar-refractivity contribution is 6.32. The van der Waals surface area contributed by atoms with Crippen LogP contribution < -0.4 is 5.32 Å². The number of hydrogen-bond donors (Lipinski definition) is 1. The molecule has 0 bridgehead atoms. The van der Waals surface area contributed by atoms with Gasteiger partial charge in [-0.05, 0) is 38.5 Å². The van der Waals surface area contributed by atoms with Crippen LogP contribution in [-0.4, -0.2) is 38.5 Å². The summed E-state index contributed by atoms with van der Waals surface area (Å²) >= 11 is 12.4. The number of hydrogen-bond acceptors (Lipinski definition) is 4. The number of amides is 3. The van der Waals surface area contributed by atoms with Gasteiger partial charge in [0.15, 0.2) is 0 Å². The maximum Gasteiger partial charge on any atom is 0.346 e. The summed E-state index contributed by atoms with van der Waals surface area (Å²) in [6.07, 6.45) is 1.83. The van der Waals surface area contributed by atoms with Crippen LogP contribution in [0, 0.1) is 6.92 Å². The van der Waals surface area contributed by atoms with Gasteiger partial charge in [0.1, 0.15) is 10.7 Å². The topological polar surface area (TPSA) is 79.6 Å². The highest BCUT2D eigenvalue weighted by Gasteiger charge is 2.46. The number of carbonyl (C=O) groups excluding carboxylic acids is 2.